The van der Waals surface area contributed by atoms with Crippen molar-refractivity contribution in [1.29, 1.82) is 0 Å². The number of hydrogen-bond donors (Lipinski definition) is 3. The van der Waals surface area contributed by atoms with Gasteiger partial charge < -0.3 is 25.1 Å². The second kappa shape index (κ2) is 13.5. The number of fused-ring (bicyclic) bond motifs is 1. The fraction of sp³-hybridized carbons (Fsp3) is 0.345. The minimum Gasteiger partial charge on any atom is -0.369 e. The molecule has 0 aliphatic heterocycles. The van der Waals surface area contributed by atoms with Crippen LogP contribution in [0.1, 0.15) is 22.3 Å². The van der Waals surface area contributed by atoms with Gasteiger partial charge in [0.05, 0.1) is 41.3 Å². The molecular formula is C29H35Cl2N6O2S+. The smallest absolute Gasteiger partial charge is 0.255 e. The number of alkyl halides is 2. The van der Waals surface area contributed by atoms with Crippen molar-refractivity contribution >= 4 is 74.0 Å². The zero-order valence-corrected chi connectivity index (χ0v) is 25.5. The summed E-state index contributed by atoms with van der Waals surface area (Å²) >= 11 is 11.9. The lowest BCUT2D eigenvalue weighted by molar-refractivity contribution is -0.115. The van der Waals surface area contributed by atoms with Crippen LogP contribution in [0, 0.1) is 6.92 Å². The van der Waals surface area contributed by atoms with E-state index in [0.29, 0.717) is 53.9 Å². The Labute approximate surface area is 247 Å². The van der Waals surface area contributed by atoms with Crippen LogP contribution >= 0.6 is 23.2 Å². The van der Waals surface area contributed by atoms with Gasteiger partial charge in [-0.15, -0.1) is 23.2 Å². The monoisotopic (exact) mass is 601 g/mol. The van der Waals surface area contributed by atoms with Crippen LogP contribution in [-0.4, -0.2) is 69.5 Å². The van der Waals surface area contributed by atoms with Crippen LogP contribution in [0.25, 0.3) is 22.6 Å². The average molecular weight is 603 g/mol. The third kappa shape index (κ3) is 7.13. The van der Waals surface area contributed by atoms with Crippen molar-refractivity contribution in [2.45, 2.75) is 13.3 Å². The number of carbonyl (C=O) groups excluding carboxylic acids is 2. The normalized spacial score (nSPS) is 11.3. The third-order valence-corrected chi connectivity index (χ3v) is 7.98. The lowest BCUT2D eigenvalue weighted by atomic mass is 10.1. The predicted molar refractivity (Wildman–Crippen MR) is 171 cm³/mol. The molecule has 0 radical (unpaired) electrons. The summed E-state index contributed by atoms with van der Waals surface area (Å²) in [6, 6.07) is 13.3. The Kier molecular flexibility index (Phi) is 10.1. The van der Waals surface area contributed by atoms with Crippen LogP contribution in [0.4, 0.5) is 17.1 Å². The van der Waals surface area contributed by atoms with Crippen molar-refractivity contribution in [1.82, 2.24) is 14.5 Å². The molecule has 4 aromatic rings. The molecule has 3 N–H and O–H groups in total. The molecule has 2 amide bonds. The molecule has 0 spiro atoms. The van der Waals surface area contributed by atoms with E-state index in [1.54, 1.807) is 18.3 Å². The number of imidazole rings is 1. The quantitative estimate of drug-likeness (QED) is 0.145. The number of nitrogens with zero attached hydrogens (tertiary/aromatic N) is 3. The first-order valence-corrected chi connectivity index (χ1v) is 16.3. The van der Waals surface area contributed by atoms with E-state index in [1.807, 2.05) is 48.9 Å². The summed E-state index contributed by atoms with van der Waals surface area (Å²) in [6.45, 7) is 3.36. The zero-order valence-electron chi connectivity index (χ0n) is 23.2. The average Bonchev–Trinajstić information content (AvgIpc) is 3.52. The SMILES string of the molecule is Cc1cc(N(CCCl)CCCl)ccc1NC(=O)c1ccc2c(c1)nc(-c1cc(NC(=O)CC[S+](C)C)c[nH]1)n2C. The van der Waals surface area contributed by atoms with E-state index in [0.717, 1.165) is 33.9 Å². The molecular weight excluding hydrogens is 567 g/mol. The molecule has 0 aliphatic rings. The second-order valence-electron chi connectivity index (χ2n) is 9.81. The highest BCUT2D eigenvalue weighted by Crippen LogP contribution is 2.27. The Morgan fingerprint density at radius 2 is 1.80 bits per heavy atom. The number of hydrogen-bond acceptors (Lipinski definition) is 4. The number of anilines is 3. The summed E-state index contributed by atoms with van der Waals surface area (Å²) in [7, 11) is 2.15. The minimum atomic E-state index is -0.213. The minimum absolute atomic E-state index is 0.000118. The van der Waals surface area contributed by atoms with Gasteiger partial charge in [0.1, 0.15) is 5.75 Å². The number of amides is 2. The lowest BCUT2D eigenvalue weighted by Crippen LogP contribution is -2.27. The molecule has 8 nitrogen and oxygen atoms in total. The topological polar surface area (TPSA) is 95.1 Å². The fourth-order valence-corrected chi connectivity index (χ4v) is 5.45. The van der Waals surface area contributed by atoms with E-state index >= 15 is 0 Å². The molecule has 4 rings (SSSR count). The van der Waals surface area contributed by atoms with Crippen LogP contribution in [-0.2, 0) is 22.7 Å². The second-order valence-corrected chi connectivity index (χ2v) is 12.9. The molecule has 2 heterocycles. The number of benzene rings is 2. The van der Waals surface area contributed by atoms with E-state index in [1.165, 1.54) is 0 Å². The van der Waals surface area contributed by atoms with Crippen LogP contribution in [0.2, 0.25) is 0 Å². The van der Waals surface area contributed by atoms with Crippen molar-refractivity contribution in [2.75, 3.05) is 58.6 Å². The molecule has 0 saturated heterocycles. The maximum absolute atomic E-state index is 13.2. The number of nitrogens with one attached hydrogen (secondary N) is 3. The molecule has 0 fully saturated rings. The van der Waals surface area contributed by atoms with Gasteiger partial charge in [0.15, 0.2) is 5.82 Å². The fourth-order valence-electron chi connectivity index (χ4n) is 4.45. The van der Waals surface area contributed by atoms with Crippen LogP contribution in [0.3, 0.4) is 0 Å². The van der Waals surface area contributed by atoms with Gasteiger partial charge in [-0.05, 0) is 65.8 Å². The van der Waals surface area contributed by atoms with Gasteiger partial charge in [-0.1, -0.05) is 0 Å². The van der Waals surface area contributed by atoms with Gasteiger partial charge in [0.2, 0.25) is 5.91 Å². The van der Waals surface area contributed by atoms with Crippen LogP contribution in [0.15, 0.2) is 48.7 Å². The molecule has 11 heteroatoms. The van der Waals surface area contributed by atoms with E-state index in [4.69, 9.17) is 28.2 Å². The van der Waals surface area contributed by atoms with Gasteiger partial charge in [0, 0.05) is 55.0 Å². The van der Waals surface area contributed by atoms with Crippen molar-refractivity contribution in [3.05, 3.63) is 59.8 Å². The Bertz CT molecular complexity index is 1490. The highest BCUT2D eigenvalue weighted by Gasteiger charge is 2.16. The first-order valence-electron chi connectivity index (χ1n) is 13.0. The van der Waals surface area contributed by atoms with E-state index < -0.39 is 0 Å². The lowest BCUT2D eigenvalue weighted by Gasteiger charge is -2.24. The molecule has 0 aliphatic carbocycles. The highest BCUT2D eigenvalue weighted by atomic mass is 35.5. The van der Waals surface area contributed by atoms with E-state index in [9.17, 15) is 9.59 Å². The summed E-state index contributed by atoms with van der Waals surface area (Å²) < 4.78 is 1.96. The number of halogens is 2. The summed E-state index contributed by atoms with van der Waals surface area (Å²) in [4.78, 5) is 35.5. The maximum atomic E-state index is 13.2. The molecule has 0 bridgehead atoms. The standard InChI is InChI=1S/C29H34Cl2N6O2S/c1-19-15-22(37(12-10-30)13-11-31)6-7-23(19)35-29(39)20-5-8-26-24(16-20)34-28(36(26)2)25-17-21(18-32-25)33-27(38)9-14-40(3)4/h5-8,15-18H,9-14H2,1-4H3,(H2-,32,33,34,35,38,39)/p+1. The van der Waals surface area contributed by atoms with Crippen LogP contribution < -0.4 is 15.5 Å². The summed E-state index contributed by atoms with van der Waals surface area (Å²) in [5.41, 5.74) is 6.28. The van der Waals surface area contributed by atoms with Crippen molar-refractivity contribution in [3.8, 4) is 11.5 Å². The Morgan fingerprint density at radius 1 is 1.05 bits per heavy atom. The third-order valence-electron chi connectivity index (χ3n) is 6.62. The number of aromatic nitrogens is 3. The molecule has 212 valence electrons. The molecule has 2 aromatic carbocycles. The Hall–Kier alpha value is -3.14. The molecule has 2 aromatic heterocycles. The molecule has 0 unspecified atom stereocenters. The van der Waals surface area contributed by atoms with Gasteiger partial charge in [-0.25, -0.2) is 4.98 Å². The maximum Gasteiger partial charge on any atom is 0.255 e. The predicted octanol–water partition coefficient (Wildman–Crippen LogP) is 5.62. The Balaban J connectivity index is 1.49. The number of aromatic amines is 1. The number of carbonyl (C=O) groups is 2. The van der Waals surface area contributed by atoms with Crippen molar-refractivity contribution in [3.63, 3.8) is 0 Å². The summed E-state index contributed by atoms with van der Waals surface area (Å²) in [6.07, 6.45) is 6.52. The Morgan fingerprint density at radius 3 is 2.48 bits per heavy atom. The van der Waals surface area contributed by atoms with Gasteiger partial charge >= 0.3 is 0 Å². The van der Waals surface area contributed by atoms with Gasteiger partial charge in [-0.3, -0.25) is 9.59 Å². The first-order chi connectivity index (χ1) is 19.2. The zero-order chi connectivity index (χ0) is 28.8. The largest absolute Gasteiger partial charge is 0.369 e. The van der Waals surface area contributed by atoms with Crippen molar-refractivity contribution < 1.29 is 9.59 Å². The molecule has 0 atom stereocenters. The number of aryl methyl sites for hydroxylation is 2. The highest BCUT2D eigenvalue weighted by molar-refractivity contribution is 7.95. The van der Waals surface area contributed by atoms with Gasteiger partial charge in [-0.2, -0.15) is 0 Å². The molecule has 40 heavy (non-hydrogen) atoms. The molecule has 0 saturated carbocycles. The number of rotatable bonds is 12. The summed E-state index contributed by atoms with van der Waals surface area (Å²) in [5, 5.41) is 5.97. The number of H-pyrrole nitrogens is 1. The summed E-state index contributed by atoms with van der Waals surface area (Å²) in [5.74, 6) is 2.38. The van der Waals surface area contributed by atoms with Gasteiger partial charge in [0.25, 0.3) is 5.91 Å². The van der Waals surface area contributed by atoms with Crippen molar-refractivity contribution in [2.24, 2.45) is 7.05 Å². The van der Waals surface area contributed by atoms with E-state index in [-0.39, 0.29) is 22.7 Å². The van der Waals surface area contributed by atoms with Crippen LogP contribution in [0.5, 0.6) is 0 Å². The van der Waals surface area contributed by atoms with E-state index in [2.05, 4.69) is 33.0 Å². The first kappa shape index (κ1) is 29.8.